The summed E-state index contributed by atoms with van der Waals surface area (Å²) in [4.78, 5) is 16.3. The van der Waals surface area contributed by atoms with Gasteiger partial charge in [-0.3, -0.25) is 4.79 Å². The molecular formula is C14H27Cl2N3OS. The molecule has 7 heteroatoms. The first-order valence-electron chi connectivity index (χ1n) is 6.97. The summed E-state index contributed by atoms with van der Waals surface area (Å²) in [6.45, 7) is 6.62. The monoisotopic (exact) mass is 355 g/mol. The van der Waals surface area contributed by atoms with E-state index in [1.807, 2.05) is 6.92 Å². The Bertz CT molecular complexity index is 400. The summed E-state index contributed by atoms with van der Waals surface area (Å²) in [6.07, 6.45) is 3.99. The average molecular weight is 356 g/mol. The van der Waals surface area contributed by atoms with Gasteiger partial charge in [0, 0.05) is 18.3 Å². The quantitative estimate of drug-likeness (QED) is 0.751. The van der Waals surface area contributed by atoms with E-state index >= 15 is 0 Å². The van der Waals surface area contributed by atoms with Gasteiger partial charge in [0.2, 0.25) is 5.91 Å². The first-order chi connectivity index (χ1) is 9.05. The van der Waals surface area contributed by atoms with Gasteiger partial charge >= 0.3 is 0 Å². The molecule has 1 amide bonds. The Morgan fingerprint density at radius 1 is 1.38 bits per heavy atom. The molecule has 0 aliphatic carbocycles. The number of hydrogen-bond acceptors (Lipinski definition) is 4. The number of nitrogens with one attached hydrogen (secondary N) is 1. The predicted octanol–water partition coefficient (Wildman–Crippen LogP) is 3.25. The molecule has 3 N–H and O–H groups in total. The molecule has 1 aromatic heterocycles. The highest BCUT2D eigenvalue weighted by Gasteiger charge is 2.25. The second-order valence-electron chi connectivity index (χ2n) is 4.95. The molecule has 0 saturated heterocycles. The van der Waals surface area contributed by atoms with Crippen LogP contribution in [0.4, 0.5) is 0 Å². The lowest BCUT2D eigenvalue weighted by atomic mass is 9.92. The maximum Gasteiger partial charge on any atom is 0.220 e. The molecule has 0 bridgehead atoms. The molecule has 0 radical (unpaired) electrons. The number of carbonyl (C=O) groups excluding carboxylic acids is 1. The Hall–Kier alpha value is -0.360. The van der Waals surface area contributed by atoms with Crippen molar-refractivity contribution in [3.63, 3.8) is 0 Å². The van der Waals surface area contributed by atoms with Gasteiger partial charge in [0.05, 0.1) is 16.2 Å². The second kappa shape index (κ2) is 11.2. The van der Waals surface area contributed by atoms with Gasteiger partial charge in [-0.15, -0.1) is 36.2 Å². The Kier molecular flexibility index (Phi) is 12.3. The molecule has 1 heterocycles. The third-order valence-electron chi connectivity index (χ3n) is 3.65. The summed E-state index contributed by atoms with van der Waals surface area (Å²) in [6, 6.07) is 0. The van der Waals surface area contributed by atoms with Crippen molar-refractivity contribution >= 4 is 42.1 Å². The van der Waals surface area contributed by atoms with E-state index in [2.05, 4.69) is 29.5 Å². The normalized spacial score (nSPS) is 10.5. The Morgan fingerprint density at radius 3 is 2.43 bits per heavy atom. The van der Waals surface area contributed by atoms with Crippen molar-refractivity contribution in [1.82, 2.24) is 10.3 Å². The van der Waals surface area contributed by atoms with Crippen LogP contribution >= 0.6 is 36.2 Å². The topological polar surface area (TPSA) is 68.0 Å². The summed E-state index contributed by atoms with van der Waals surface area (Å²) >= 11 is 1.66. The van der Waals surface area contributed by atoms with Crippen molar-refractivity contribution in [2.24, 2.45) is 5.73 Å². The molecule has 0 unspecified atom stereocenters. The maximum atomic E-state index is 11.9. The SMILES string of the molecule is CCC(CC)(CN)NC(=O)CCCc1csc(C)n1.Cl.Cl. The van der Waals surface area contributed by atoms with Crippen molar-refractivity contribution in [2.75, 3.05) is 6.54 Å². The summed E-state index contributed by atoms with van der Waals surface area (Å²) in [5, 5.41) is 6.24. The van der Waals surface area contributed by atoms with E-state index in [1.54, 1.807) is 11.3 Å². The molecule has 0 aliphatic rings. The number of nitrogens with zero attached hydrogens (tertiary/aromatic N) is 1. The molecule has 124 valence electrons. The van der Waals surface area contributed by atoms with Crippen molar-refractivity contribution in [1.29, 1.82) is 0 Å². The number of amides is 1. The van der Waals surface area contributed by atoms with Crippen molar-refractivity contribution < 1.29 is 4.79 Å². The van der Waals surface area contributed by atoms with Gasteiger partial charge in [-0.25, -0.2) is 4.98 Å². The predicted molar refractivity (Wildman–Crippen MR) is 94.8 cm³/mol. The second-order valence-corrected chi connectivity index (χ2v) is 6.01. The number of rotatable bonds is 8. The van der Waals surface area contributed by atoms with E-state index in [4.69, 9.17) is 5.73 Å². The number of aryl methyl sites for hydroxylation is 2. The zero-order chi connectivity index (χ0) is 14.3. The van der Waals surface area contributed by atoms with E-state index in [0.29, 0.717) is 13.0 Å². The standard InChI is InChI=1S/C14H25N3OS.2ClH/c1-4-14(5-2,10-15)17-13(18)8-6-7-12-9-19-11(3)16-12;;/h9H,4-8,10,15H2,1-3H3,(H,17,18);2*1H. The van der Waals surface area contributed by atoms with Gasteiger partial charge in [0.1, 0.15) is 0 Å². The molecule has 1 rings (SSSR count). The highest BCUT2D eigenvalue weighted by molar-refractivity contribution is 7.09. The van der Waals surface area contributed by atoms with E-state index in [0.717, 1.165) is 36.4 Å². The molecule has 0 fully saturated rings. The Labute approximate surface area is 144 Å². The van der Waals surface area contributed by atoms with Gasteiger partial charge < -0.3 is 11.1 Å². The molecule has 4 nitrogen and oxygen atoms in total. The fourth-order valence-electron chi connectivity index (χ4n) is 2.08. The van der Waals surface area contributed by atoms with Crippen LogP contribution in [0.3, 0.4) is 0 Å². The fourth-order valence-corrected chi connectivity index (χ4v) is 2.72. The number of nitrogens with two attached hydrogens (primary N) is 1. The van der Waals surface area contributed by atoms with Crippen LogP contribution in [0, 0.1) is 6.92 Å². The van der Waals surface area contributed by atoms with Gasteiger partial charge in [0.15, 0.2) is 0 Å². The minimum absolute atomic E-state index is 0. The van der Waals surface area contributed by atoms with E-state index in [1.165, 1.54) is 0 Å². The lowest BCUT2D eigenvalue weighted by molar-refractivity contribution is -0.123. The minimum Gasteiger partial charge on any atom is -0.349 e. The van der Waals surface area contributed by atoms with Crippen molar-refractivity contribution in [2.45, 2.75) is 58.4 Å². The largest absolute Gasteiger partial charge is 0.349 e. The van der Waals surface area contributed by atoms with E-state index < -0.39 is 0 Å². The highest BCUT2D eigenvalue weighted by atomic mass is 35.5. The molecule has 0 spiro atoms. The van der Waals surface area contributed by atoms with Crippen LogP contribution in [-0.2, 0) is 11.2 Å². The number of thiazole rings is 1. The van der Waals surface area contributed by atoms with Crippen LogP contribution in [-0.4, -0.2) is 23.0 Å². The highest BCUT2D eigenvalue weighted by Crippen LogP contribution is 2.14. The number of aromatic nitrogens is 1. The van der Waals surface area contributed by atoms with Crippen LogP contribution in [0.5, 0.6) is 0 Å². The van der Waals surface area contributed by atoms with Crippen molar-refractivity contribution in [3.05, 3.63) is 16.1 Å². The number of hydrogen-bond donors (Lipinski definition) is 2. The van der Waals surface area contributed by atoms with Gasteiger partial charge in [0.25, 0.3) is 0 Å². The third kappa shape index (κ3) is 7.45. The summed E-state index contributed by atoms with van der Waals surface area (Å²) in [5.41, 5.74) is 6.64. The average Bonchev–Trinajstić information content (AvgIpc) is 2.82. The molecular weight excluding hydrogens is 329 g/mol. The molecule has 0 saturated carbocycles. The number of halogens is 2. The smallest absolute Gasteiger partial charge is 0.220 e. The van der Waals surface area contributed by atoms with Gasteiger partial charge in [-0.05, 0) is 32.6 Å². The zero-order valence-corrected chi connectivity index (χ0v) is 15.4. The lowest BCUT2D eigenvalue weighted by Gasteiger charge is -2.31. The first-order valence-corrected chi connectivity index (χ1v) is 7.85. The molecule has 0 aromatic carbocycles. The van der Waals surface area contributed by atoms with Gasteiger partial charge in [-0.1, -0.05) is 13.8 Å². The van der Waals surface area contributed by atoms with E-state index in [9.17, 15) is 4.79 Å². The van der Waals surface area contributed by atoms with Crippen LogP contribution in [0.2, 0.25) is 0 Å². The van der Waals surface area contributed by atoms with Crippen LogP contribution in [0.1, 0.15) is 50.2 Å². The van der Waals surface area contributed by atoms with Crippen LogP contribution < -0.4 is 11.1 Å². The third-order valence-corrected chi connectivity index (χ3v) is 4.47. The molecule has 1 aromatic rings. The molecule has 0 aliphatic heterocycles. The maximum absolute atomic E-state index is 11.9. The zero-order valence-electron chi connectivity index (χ0n) is 13.0. The lowest BCUT2D eigenvalue weighted by Crippen LogP contribution is -2.52. The van der Waals surface area contributed by atoms with Gasteiger partial charge in [-0.2, -0.15) is 0 Å². The summed E-state index contributed by atoms with van der Waals surface area (Å²) in [7, 11) is 0. The minimum atomic E-state index is -0.228. The van der Waals surface area contributed by atoms with Crippen molar-refractivity contribution in [3.8, 4) is 0 Å². The Morgan fingerprint density at radius 2 is 2.00 bits per heavy atom. The fraction of sp³-hybridized carbons (Fsp3) is 0.714. The van der Waals surface area contributed by atoms with Crippen LogP contribution in [0.15, 0.2) is 5.38 Å². The van der Waals surface area contributed by atoms with Crippen LogP contribution in [0.25, 0.3) is 0 Å². The molecule has 21 heavy (non-hydrogen) atoms. The summed E-state index contributed by atoms with van der Waals surface area (Å²) in [5.74, 6) is 0.0982. The number of carbonyl (C=O) groups is 1. The van der Waals surface area contributed by atoms with E-state index in [-0.39, 0.29) is 36.3 Å². The first kappa shape index (κ1) is 22.9. The summed E-state index contributed by atoms with van der Waals surface area (Å²) < 4.78 is 0. The Balaban J connectivity index is 0. The molecule has 0 atom stereocenters.